The van der Waals surface area contributed by atoms with Gasteiger partial charge in [-0.25, -0.2) is 4.57 Å². The van der Waals surface area contributed by atoms with Gasteiger partial charge in [-0.2, -0.15) is 0 Å². The Hall–Kier alpha value is -1.33. The first-order chi connectivity index (χ1) is 25.8. The van der Waals surface area contributed by atoms with Crippen molar-refractivity contribution in [3.05, 3.63) is 12.2 Å². The molecule has 0 aliphatic rings. The van der Waals surface area contributed by atoms with Crippen LogP contribution in [-0.2, 0) is 32.7 Å². The summed E-state index contributed by atoms with van der Waals surface area (Å²) >= 11 is 0. The van der Waals surface area contributed by atoms with Crippen LogP contribution in [0.25, 0.3) is 0 Å². The van der Waals surface area contributed by atoms with Gasteiger partial charge in [0.15, 0.2) is 6.10 Å². The van der Waals surface area contributed by atoms with Crippen LogP contribution < -0.4 is 0 Å². The molecule has 0 aliphatic carbocycles. The summed E-state index contributed by atoms with van der Waals surface area (Å²) in [5.74, 6) is -0.871. The van der Waals surface area contributed by atoms with Gasteiger partial charge in [-0.1, -0.05) is 142 Å². The Balaban J connectivity index is 4.45. The molecule has 0 spiro atoms. The Morgan fingerprint density at radius 3 is 1.69 bits per heavy atom. The highest BCUT2D eigenvalue weighted by molar-refractivity contribution is 7.47. The van der Waals surface area contributed by atoms with Gasteiger partial charge in [0.1, 0.15) is 19.8 Å². The second-order valence-electron chi connectivity index (χ2n) is 16.0. The first kappa shape index (κ1) is 52.7. The molecule has 0 saturated carbocycles. The number of allylic oxidation sites excluding steroid dienone is 1. The monoisotopic (exact) mass is 793 g/mol. The van der Waals surface area contributed by atoms with Gasteiger partial charge in [0.25, 0.3) is 0 Å². The maximum Gasteiger partial charge on any atom is 0.472 e. The molecule has 4 atom stereocenters. The number of hydrogen-bond donors (Lipinski definition) is 3. The lowest BCUT2D eigenvalue weighted by atomic mass is 10.0. The third kappa shape index (κ3) is 36.3. The van der Waals surface area contributed by atoms with Crippen molar-refractivity contribution in [3.63, 3.8) is 0 Å². The van der Waals surface area contributed by atoms with E-state index < -0.39 is 44.7 Å². The molecule has 0 aromatic carbocycles. The summed E-state index contributed by atoms with van der Waals surface area (Å²) in [4.78, 5) is 35.3. The predicted molar refractivity (Wildman–Crippen MR) is 218 cm³/mol. The van der Waals surface area contributed by atoms with Gasteiger partial charge >= 0.3 is 19.8 Å². The van der Waals surface area contributed by atoms with E-state index in [9.17, 15) is 29.3 Å². The standard InChI is InChI=1S/C42H82NO10P/c1-6-8-10-11-12-13-14-15-16-17-21-24-28-32-41(46)50-36-38(37-52-54(48,49)51-35-34-43(3,4)5)53-42(47)33-29-25-22-19-18-20-23-27-31-40(45)39(44)30-26-9-7-2/h23,27,38-40,44-45H,6-22,24-26,28-37H2,1-5H3/p+1/b27-23-. The van der Waals surface area contributed by atoms with Crippen LogP contribution in [0.2, 0.25) is 0 Å². The van der Waals surface area contributed by atoms with Crippen molar-refractivity contribution in [2.24, 2.45) is 0 Å². The maximum atomic E-state index is 12.7. The van der Waals surface area contributed by atoms with Gasteiger partial charge in [0.05, 0.1) is 40.0 Å². The lowest BCUT2D eigenvalue weighted by molar-refractivity contribution is -0.870. The van der Waals surface area contributed by atoms with Gasteiger partial charge in [-0.3, -0.25) is 18.6 Å². The molecule has 54 heavy (non-hydrogen) atoms. The Bertz CT molecular complexity index is 973. The van der Waals surface area contributed by atoms with E-state index >= 15 is 0 Å². The molecule has 0 bridgehead atoms. The number of carbonyl (C=O) groups excluding carboxylic acids is 2. The number of phosphoric ester groups is 1. The summed E-state index contributed by atoms with van der Waals surface area (Å²) in [7, 11) is 1.41. The van der Waals surface area contributed by atoms with Gasteiger partial charge < -0.3 is 29.1 Å². The fourth-order valence-electron chi connectivity index (χ4n) is 5.92. The van der Waals surface area contributed by atoms with Crippen molar-refractivity contribution in [2.75, 3.05) is 47.5 Å². The fourth-order valence-corrected chi connectivity index (χ4v) is 6.66. The Morgan fingerprint density at radius 1 is 0.630 bits per heavy atom. The molecule has 0 aromatic heterocycles. The number of quaternary nitrogens is 1. The first-order valence-corrected chi connectivity index (χ1v) is 23.1. The number of hydrogen-bond acceptors (Lipinski definition) is 9. The molecule has 0 saturated heterocycles. The Morgan fingerprint density at radius 2 is 1.13 bits per heavy atom. The van der Waals surface area contributed by atoms with Crippen LogP contribution in [0, 0.1) is 0 Å². The number of esters is 2. The third-order valence-corrected chi connectivity index (χ3v) is 10.5. The number of likely N-dealkylation sites (N-methyl/N-ethyl adjacent to an activating group) is 1. The summed E-state index contributed by atoms with van der Waals surface area (Å²) in [5, 5.41) is 20.1. The van der Waals surface area contributed by atoms with E-state index in [-0.39, 0.29) is 26.1 Å². The molecular weight excluding hydrogens is 709 g/mol. The largest absolute Gasteiger partial charge is 0.472 e. The maximum absolute atomic E-state index is 12.7. The van der Waals surface area contributed by atoms with E-state index in [0.717, 1.165) is 70.6 Å². The van der Waals surface area contributed by atoms with Crippen molar-refractivity contribution in [3.8, 4) is 0 Å². The van der Waals surface area contributed by atoms with E-state index in [1.807, 2.05) is 33.3 Å². The molecule has 320 valence electrons. The molecule has 4 unspecified atom stereocenters. The summed E-state index contributed by atoms with van der Waals surface area (Å²) in [5.41, 5.74) is 0. The highest BCUT2D eigenvalue weighted by Gasteiger charge is 2.27. The first-order valence-electron chi connectivity index (χ1n) is 21.6. The second-order valence-corrected chi connectivity index (χ2v) is 17.5. The molecule has 0 aromatic rings. The summed E-state index contributed by atoms with van der Waals surface area (Å²) in [6.45, 7) is 4.17. The molecule has 3 N–H and O–H groups in total. The van der Waals surface area contributed by atoms with Crippen LogP contribution >= 0.6 is 7.82 Å². The molecule has 0 rings (SSSR count). The molecular formula is C42H83NO10P+. The van der Waals surface area contributed by atoms with Crippen molar-refractivity contribution in [1.29, 1.82) is 0 Å². The minimum absolute atomic E-state index is 0.0125. The number of aliphatic hydroxyl groups excluding tert-OH is 2. The molecule has 0 heterocycles. The molecule has 0 fully saturated rings. The highest BCUT2D eigenvalue weighted by Crippen LogP contribution is 2.43. The minimum atomic E-state index is -4.40. The average Bonchev–Trinajstić information content (AvgIpc) is 3.11. The normalized spacial score (nSPS) is 14.9. The third-order valence-electron chi connectivity index (χ3n) is 9.50. The van der Waals surface area contributed by atoms with Gasteiger partial charge in [0, 0.05) is 12.8 Å². The van der Waals surface area contributed by atoms with E-state index in [1.165, 1.54) is 64.2 Å². The lowest BCUT2D eigenvalue weighted by Crippen LogP contribution is -2.37. The highest BCUT2D eigenvalue weighted by atomic mass is 31.2. The van der Waals surface area contributed by atoms with Crippen molar-refractivity contribution >= 4 is 19.8 Å². The zero-order valence-electron chi connectivity index (χ0n) is 35.2. The van der Waals surface area contributed by atoms with E-state index in [0.29, 0.717) is 30.3 Å². The van der Waals surface area contributed by atoms with Crippen LogP contribution in [0.3, 0.4) is 0 Å². The summed E-state index contributed by atoms with van der Waals surface area (Å²) < 4.78 is 34.2. The number of aliphatic hydroxyl groups is 2. The molecule has 0 aliphatic heterocycles. The Labute approximate surface area is 330 Å². The number of nitrogens with zero attached hydrogens (tertiary/aromatic N) is 1. The van der Waals surface area contributed by atoms with Gasteiger partial charge in [0.2, 0.25) is 0 Å². The zero-order chi connectivity index (χ0) is 40.3. The lowest BCUT2D eigenvalue weighted by Gasteiger charge is -2.24. The van der Waals surface area contributed by atoms with Crippen molar-refractivity contribution in [2.45, 2.75) is 199 Å². The quantitative estimate of drug-likeness (QED) is 0.0181. The van der Waals surface area contributed by atoms with Crippen LogP contribution in [0.5, 0.6) is 0 Å². The van der Waals surface area contributed by atoms with Crippen LogP contribution in [-0.4, -0.2) is 97.3 Å². The smallest absolute Gasteiger partial charge is 0.462 e. The zero-order valence-corrected chi connectivity index (χ0v) is 36.1. The van der Waals surface area contributed by atoms with E-state index in [4.69, 9.17) is 18.5 Å². The van der Waals surface area contributed by atoms with Crippen molar-refractivity contribution < 1.29 is 52.3 Å². The second kappa shape index (κ2) is 34.9. The van der Waals surface area contributed by atoms with Crippen LogP contribution in [0.15, 0.2) is 12.2 Å². The van der Waals surface area contributed by atoms with Crippen LogP contribution in [0.4, 0.5) is 0 Å². The SMILES string of the molecule is CCCCCCCCCCCCCCCC(=O)OCC(COP(=O)(O)OCC[N+](C)(C)C)OC(=O)CCCCCCC/C=C\CC(O)C(O)CCCCC. The topological polar surface area (TPSA) is 149 Å². The fraction of sp³-hybridized carbons (Fsp3) is 0.905. The van der Waals surface area contributed by atoms with Crippen molar-refractivity contribution in [1.82, 2.24) is 0 Å². The van der Waals surface area contributed by atoms with Crippen LogP contribution in [0.1, 0.15) is 181 Å². The number of carbonyl (C=O) groups is 2. The molecule has 12 heteroatoms. The molecule has 11 nitrogen and oxygen atoms in total. The number of rotatable bonds is 39. The number of unbranched alkanes of at least 4 members (excludes halogenated alkanes) is 19. The van der Waals surface area contributed by atoms with Gasteiger partial charge in [-0.15, -0.1) is 0 Å². The molecule has 0 radical (unpaired) electrons. The van der Waals surface area contributed by atoms with E-state index in [1.54, 1.807) is 0 Å². The predicted octanol–water partition coefficient (Wildman–Crippen LogP) is 9.74. The van der Waals surface area contributed by atoms with E-state index in [2.05, 4.69) is 13.8 Å². The number of ether oxygens (including phenoxy) is 2. The average molecular weight is 793 g/mol. The minimum Gasteiger partial charge on any atom is -0.462 e. The summed E-state index contributed by atoms with van der Waals surface area (Å²) in [6.07, 6.45) is 27.3. The molecule has 0 amide bonds. The Kier molecular flexibility index (Phi) is 34.0. The van der Waals surface area contributed by atoms with Gasteiger partial charge in [-0.05, 0) is 38.5 Å². The summed E-state index contributed by atoms with van der Waals surface area (Å²) in [6, 6.07) is 0. The number of phosphoric acid groups is 1.